The molecular weight excluding hydrogens is 288 g/mol. The third kappa shape index (κ3) is 4.09. The lowest BCUT2D eigenvalue weighted by Gasteiger charge is -2.27. The van der Waals surface area contributed by atoms with Crippen molar-refractivity contribution in [1.82, 2.24) is 9.88 Å². The summed E-state index contributed by atoms with van der Waals surface area (Å²) in [6.45, 7) is 6.12. The van der Waals surface area contributed by atoms with E-state index in [-0.39, 0.29) is 18.6 Å². The smallest absolute Gasteiger partial charge is 0.260 e. The minimum atomic E-state index is -0.0524. The van der Waals surface area contributed by atoms with Crippen molar-refractivity contribution in [1.29, 1.82) is 0 Å². The number of ether oxygens (including phenoxy) is 1. The topological polar surface area (TPSA) is 42.4 Å². The molecule has 0 spiro atoms. The van der Waals surface area contributed by atoms with E-state index in [2.05, 4.69) is 11.9 Å². The second-order valence-electron chi connectivity index (χ2n) is 5.67. The highest BCUT2D eigenvalue weighted by Crippen LogP contribution is 2.23. The number of hydrogen-bond donors (Lipinski definition) is 0. The Balaban J connectivity index is 2.03. The van der Waals surface area contributed by atoms with E-state index in [9.17, 15) is 4.79 Å². The van der Waals surface area contributed by atoms with Gasteiger partial charge in [0.1, 0.15) is 5.75 Å². The summed E-state index contributed by atoms with van der Waals surface area (Å²) in [6, 6.07) is 11.6. The second-order valence-corrected chi connectivity index (χ2v) is 5.67. The molecule has 23 heavy (non-hydrogen) atoms. The van der Waals surface area contributed by atoms with Gasteiger partial charge in [-0.05, 0) is 49.6 Å². The molecule has 2 aromatic rings. The number of carbonyl (C=O) groups is 1. The number of pyridine rings is 1. The first-order valence-electron chi connectivity index (χ1n) is 7.90. The van der Waals surface area contributed by atoms with Gasteiger partial charge in [0.15, 0.2) is 6.61 Å². The van der Waals surface area contributed by atoms with Crippen LogP contribution in [0, 0.1) is 13.8 Å². The predicted molar refractivity (Wildman–Crippen MR) is 91.5 cm³/mol. The molecule has 2 rings (SSSR count). The molecule has 0 N–H and O–H groups in total. The largest absolute Gasteiger partial charge is 0.483 e. The van der Waals surface area contributed by atoms with Crippen molar-refractivity contribution in [3.63, 3.8) is 0 Å². The van der Waals surface area contributed by atoms with Gasteiger partial charge in [-0.1, -0.05) is 25.1 Å². The highest BCUT2D eigenvalue weighted by Gasteiger charge is 2.21. The maximum Gasteiger partial charge on any atom is 0.260 e. The van der Waals surface area contributed by atoms with Crippen molar-refractivity contribution in [2.24, 2.45) is 0 Å². The molecule has 0 saturated carbocycles. The van der Waals surface area contributed by atoms with Crippen LogP contribution in [0.4, 0.5) is 0 Å². The summed E-state index contributed by atoms with van der Waals surface area (Å²) < 4.78 is 5.72. The molecule has 1 aromatic carbocycles. The molecule has 122 valence electrons. The van der Waals surface area contributed by atoms with Crippen LogP contribution in [0.5, 0.6) is 5.75 Å². The van der Waals surface area contributed by atoms with Crippen LogP contribution in [-0.2, 0) is 4.79 Å². The third-order valence-electron chi connectivity index (χ3n) is 4.18. The number of aromatic nitrogens is 1. The zero-order valence-electron chi connectivity index (χ0n) is 14.2. The standard InChI is InChI=1S/C19H24N2O2/c1-5-17(16-10-6-7-12-20-16)21(4)19(22)13-23-18-11-8-9-14(2)15(18)3/h6-12,17H,5,13H2,1-4H3/t17-/m0/s1. The molecular formula is C19H24N2O2. The van der Waals surface area contributed by atoms with Crippen molar-refractivity contribution >= 4 is 5.91 Å². The van der Waals surface area contributed by atoms with Crippen molar-refractivity contribution in [3.05, 3.63) is 59.4 Å². The van der Waals surface area contributed by atoms with E-state index >= 15 is 0 Å². The number of amides is 1. The van der Waals surface area contributed by atoms with Crippen molar-refractivity contribution < 1.29 is 9.53 Å². The van der Waals surface area contributed by atoms with E-state index in [4.69, 9.17) is 4.74 Å². The first-order valence-corrected chi connectivity index (χ1v) is 7.90. The number of aryl methyl sites for hydroxylation is 1. The summed E-state index contributed by atoms with van der Waals surface area (Å²) in [5.74, 6) is 0.709. The molecule has 0 aliphatic heterocycles. The predicted octanol–water partition coefficient (Wildman–Crippen LogP) is 3.69. The number of nitrogens with zero attached hydrogens (tertiary/aromatic N) is 2. The number of benzene rings is 1. The Hall–Kier alpha value is -2.36. The fourth-order valence-corrected chi connectivity index (χ4v) is 2.55. The van der Waals surface area contributed by atoms with Gasteiger partial charge in [-0.2, -0.15) is 0 Å². The Morgan fingerprint density at radius 1 is 1.22 bits per heavy atom. The Morgan fingerprint density at radius 2 is 2.00 bits per heavy atom. The summed E-state index contributed by atoms with van der Waals surface area (Å²) in [4.78, 5) is 18.5. The van der Waals surface area contributed by atoms with Gasteiger partial charge in [-0.3, -0.25) is 9.78 Å². The zero-order valence-corrected chi connectivity index (χ0v) is 14.2. The Bertz CT molecular complexity index is 656. The van der Waals surface area contributed by atoms with Gasteiger partial charge >= 0.3 is 0 Å². The van der Waals surface area contributed by atoms with Crippen LogP contribution in [0.3, 0.4) is 0 Å². The molecule has 0 aliphatic rings. The number of carbonyl (C=O) groups excluding carboxylic acids is 1. The van der Waals surface area contributed by atoms with E-state index in [1.165, 1.54) is 0 Å². The first kappa shape index (κ1) is 17.0. The molecule has 0 unspecified atom stereocenters. The summed E-state index contributed by atoms with van der Waals surface area (Å²) in [5.41, 5.74) is 3.13. The summed E-state index contributed by atoms with van der Waals surface area (Å²) in [7, 11) is 1.80. The molecule has 1 atom stereocenters. The van der Waals surface area contributed by atoms with Gasteiger partial charge in [0.05, 0.1) is 11.7 Å². The molecule has 1 amide bonds. The maximum atomic E-state index is 12.5. The second kappa shape index (κ2) is 7.77. The van der Waals surface area contributed by atoms with Crippen LogP contribution < -0.4 is 4.74 Å². The van der Waals surface area contributed by atoms with E-state index in [1.807, 2.05) is 50.2 Å². The fraction of sp³-hybridized carbons (Fsp3) is 0.368. The summed E-state index contributed by atoms with van der Waals surface area (Å²) >= 11 is 0. The minimum Gasteiger partial charge on any atom is -0.483 e. The highest BCUT2D eigenvalue weighted by molar-refractivity contribution is 5.78. The van der Waals surface area contributed by atoms with Crippen LogP contribution in [0.25, 0.3) is 0 Å². The highest BCUT2D eigenvalue weighted by atomic mass is 16.5. The Kier molecular flexibility index (Phi) is 5.74. The third-order valence-corrected chi connectivity index (χ3v) is 4.18. The van der Waals surface area contributed by atoms with E-state index in [0.717, 1.165) is 29.0 Å². The fourth-order valence-electron chi connectivity index (χ4n) is 2.55. The lowest BCUT2D eigenvalue weighted by Crippen LogP contribution is -2.35. The molecule has 1 heterocycles. The van der Waals surface area contributed by atoms with Crippen LogP contribution >= 0.6 is 0 Å². The van der Waals surface area contributed by atoms with E-state index in [1.54, 1.807) is 18.1 Å². The summed E-state index contributed by atoms with van der Waals surface area (Å²) in [6.07, 6.45) is 2.56. The quantitative estimate of drug-likeness (QED) is 0.817. The van der Waals surface area contributed by atoms with Crippen LogP contribution in [0.15, 0.2) is 42.6 Å². The minimum absolute atomic E-state index is 0.0319. The van der Waals surface area contributed by atoms with Gasteiger partial charge in [0.25, 0.3) is 5.91 Å². The van der Waals surface area contributed by atoms with Crippen molar-refractivity contribution in [2.45, 2.75) is 33.2 Å². The monoisotopic (exact) mass is 312 g/mol. The Morgan fingerprint density at radius 3 is 2.65 bits per heavy atom. The van der Waals surface area contributed by atoms with Crippen LogP contribution in [0.2, 0.25) is 0 Å². The maximum absolute atomic E-state index is 12.5. The molecule has 0 saturated heterocycles. The average Bonchev–Trinajstić information content (AvgIpc) is 2.57. The lowest BCUT2D eigenvalue weighted by molar-refractivity contribution is -0.134. The molecule has 0 radical (unpaired) electrons. The van der Waals surface area contributed by atoms with E-state index < -0.39 is 0 Å². The molecule has 0 fully saturated rings. The van der Waals surface area contributed by atoms with Gasteiger partial charge in [-0.25, -0.2) is 0 Å². The SMILES string of the molecule is CC[C@@H](c1ccccn1)N(C)C(=O)COc1cccc(C)c1C. The molecule has 0 aliphatic carbocycles. The van der Waals surface area contributed by atoms with Crippen molar-refractivity contribution in [3.8, 4) is 5.75 Å². The normalized spacial score (nSPS) is 11.8. The molecule has 4 heteroatoms. The molecule has 1 aromatic heterocycles. The lowest BCUT2D eigenvalue weighted by atomic mass is 10.1. The van der Waals surface area contributed by atoms with E-state index in [0.29, 0.717) is 0 Å². The van der Waals surface area contributed by atoms with Crippen LogP contribution in [-0.4, -0.2) is 29.4 Å². The van der Waals surface area contributed by atoms with Gasteiger partial charge < -0.3 is 9.64 Å². The zero-order chi connectivity index (χ0) is 16.8. The Labute approximate surface area is 138 Å². The number of hydrogen-bond acceptors (Lipinski definition) is 3. The van der Waals surface area contributed by atoms with Crippen molar-refractivity contribution in [2.75, 3.05) is 13.7 Å². The van der Waals surface area contributed by atoms with Gasteiger partial charge in [0, 0.05) is 13.2 Å². The molecule has 0 bridgehead atoms. The molecule has 4 nitrogen and oxygen atoms in total. The van der Waals surface area contributed by atoms with Gasteiger partial charge in [0.2, 0.25) is 0 Å². The van der Waals surface area contributed by atoms with Crippen LogP contribution in [0.1, 0.15) is 36.2 Å². The first-order chi connectivity index (χ1) is 11.0. The van der Waals surface area contributed by atoms with Gasteiger partial charge in [-0.15, -0.1) is 0 Å². The average molecular weight is 312 g/mol. The summed E-state index contributed by atoms with van der Waals surface area (Å²) in [5, 5.41) is 0. The number of likely N-dealkylation sites (N-methyl/N-ethyl adjacent to an activating group) is 1. The number of rotatable bonds is 6.